The van der Waals surface area contributed by atoms with Gasteiger partial charge in [0.1, 0.15) is 18.2 Å². The zero-order valence-corrected chi connectivity index (χ0v) is 14.8. The van der Waals surface area contributed by atoms with Gasteiger partial charge in [0, 0.05) is 12.3 Å². The third kappa shape index (κ3) is 4.30. The lowest BCUT2D eigenvalue weighted by Gasteiger charge is -2.24. The largest absolute Gasteiger partial charge is 0.458 e. The highest BCUT2D eigenvalue weighted by Gasteiger charge is 2.57. The molecule has 5 N–H and O–H groups in total. The van der Waals surface area contributed by atoms with Crippen molar-refractivity contribution in [3.05, 3.63) is 33.1 Å². The maximum absolute atomic E-state index is 14.8. The van der Waals surface area contributed by atoms with Gasteiger partial charge in [-0.3, -0.25) is 19.1 Å². The molecule has 1 fully saturated rings. The minimum Gasteiger partial charge on any atom is -0.458 e. The Morgan fingerprint density at radius 3 is 2.65 bits per heavy atom. The van der Waals surface area contributed by atoms with Crippen LogP contribution < -0.4 is 17.0 Å². The standard InChI is InChI=1S/C14H20FN3O7.ClH/c1-6(2)8(16)12(22)24-5-14(15)10(21)9(20)11(25-14)18-4-3-7(19)17-13(18)23;/h3-4,6,8-11,20-21H,5,16H2,1-2H3,(H,17,19,23);1H/t8?,9-,10+,11-,14-;/m1./s1. The van der Waals surface area contributed by atoms with Crippen LogP contribution in [0.15, 0.2) is 21.9 Å². The highest BCUT2D eigenvalue weighted by Crippen LogP contribution is 2.37. The Morgan fingerprint density at radius 1 is 1.50 bits per heavy atom. The van der Waals surface area contributed by atoms with Gasteiger partial charge in [0.05, 0.1) is 0 Å². The van der Waals surface area contributed by atoms with E-state index in [4.69, 9.17) is 15.2 Å². The van der Waals surface area contributed by atoms with E-state index < -0.39 is 54.2 Å². The summed E-state index contributed by atoms with van der Waals surface area (Å²) in [5, 5.41) is 19.9. The Bertz CT molecular complexity index is 755. The predicted molar refractivity (Wildman–Crippen MR) is 88.3 cm³/mol. The van der Waals surface area contributed by atoms with E-state index in [2.05, 4.69) is 0 Å². The molecule has 5 atom stereocenters. The van der Waals surface area contributed by atoms with Crippen molar-refractivity contribution in [1.29, 1.82) is 0 Å². The number of hydrogen-bond donors (Lipinski definition) is 4. The molecule has 0 radical (unpaired) electrons. The van der Waals surface area contributed by atoms with Crippen molar-refractivity contribution in [3.63, 3.8) is 0 Å². The average molecular weight is 398 g/mol. The number of halogens is 2. The molecule has 0 aromatic carbocycles. The predicted octanol–water partition coefficient (Wildman–Crippen LogP) is -1.60. The molecule has 0 saturated carbocycles. The van der Waals surface area contributed by atoms with Gasteiger partial charge in [-0.25, -0.2) is 9.18 Å². The fraction of sp³-hybridized carbons (Fsp3) is 0.643. The number of rotatable bonds is 5. The molecule has 0 aliphatic carbocycles. The third-order valence-electron chi connectivity index (χ3n) is 3.90. The van der Waals surface area contributed by atoms with Crippen LogP contribution >= 0.6 is 12.4 Å². The molecule has 148 valence electrons. The Kier molecular flexibility index (Phi) is 7.08. The van der Waals surface area contributed by atoms with Gasteiger partial charge in [-0.15, -0.1) is 12.4 Å². The number of alkyl halides is 1. The molecule has 12 heteroatoms. The van der Waals surface area contributed by atoms with Crippen molar-refractivity contribution in [2.45, 2.75) is 44.2 Å². The fourth-order valence-electron chi connectivity index (χ4n) is 2.26. The minimum absolute atomic E-state index is 0. The smallest absolute Gasteiger partial charge is 0.330 e. The zero-order valence-electron chi connectivity index (χ0n) is 14.0. The van der Waals surface area contributed by atoms with Gasteiger partial charge in [-0.05, 0) is 5.92 Å². The number of nitrogens with two attached hydrogens (primary N) is 1. The topological polar surface area (TPSA) is 157 Å². The molecule has 26 heavy (non-hydrogen) atoms. The quantitative estimate of drug-likeness (QED) is 0.433. The van der Waals surface area contributed by atoms with Crippen LogP contribution in [0.3, 0.4) is 0 Å². The SMILES string of the molecule is CC(C)C(N)C(=O)OC[C@@]1(F)O[C@@H](n2ccc(=O)[nH]c2=O)[C@H](O)[C@@H]1O.Cl. The molecule has 1 aromatic rings. The molecule has 2 heterocycles. The van der Waals surface area contributed by atoms with Gasteiger partial charge in [0.25, 0.3) is 11.4 Å². The summed E-state index contributed by atoms with van der Waals surface area (Å²) in [6.07, 6.45) is -4.58. The second-order valence-electron chi connectivity index (χ2n) is 6.12. The first-order valence-electron chi connectivity index (χ1n) is 7.53. The van der Waals surface area contributed by atoms with Crippen LogP contribution in [0.1, 0.15) is 20.1 Å². The average Bonchev–Trinajstić information content (AvgIpc) is 2.77. The van der Waals surface area contributed by atoms with Gasteiger partial charge in [-0.1, -0.05) is 13.8 Å². The summed E-state index contributed by atoms with van der Waals surface area (Å²) in [5.74, 6) is -4.11. The van der Waals surface area contributed by atoms with Crippen molar-refractivity contribution in [3.8, 4) is 0 Å². The van der Waals surface area contributed by atoms with Crippen molar-refractivity contribution in [2.75, 3.05) is 6.61 Å². The number of aliphatic hydroxyl groups excluding tert-OH is 2. The van der Waals surface area contributed by atoms with E-state index in [1.54, 1.807) is 13.8 Å². The number of nitrogens with one attached hydrogen (secondary N) is 1. The number of nitrogens with zero attached hydrogens (tertiary/aromatic N) is 1. The maximum atomic E-state index is 14.8. The van der Waals surface area contributed by atoms with Gasteiger partial charge < -0.3 is 25.4 Å². The molecule has 1 aliphatic heterocycles. The lowest BCUT2D eigenvalue weighted by molar-refractivity contribution is -0.217. The summed E-state index contributed by atoms with van der Waals surface area (Å²) in [5.41, 5.74) is 3.91. The number of H-pyrrole nitrogens is 1. The number of aromatic amines is 1. The van der Waals surface area contributed by atoms with Crippen molar-refractivity contribution in [2.24, 2.45) is 11.7 Å². The van der Waals surface area contributed by atoms with E-state index in [-0.39, 0.29) is 18.3 Å². The summed E-state index contributed by atoms with van der Waals surface area (Å²) in [4.78, 5) is 36.4. The van der Waals surface area contributed by atoms with E-state index in [1.807, 2.05) is 4.98 Å². The number of esters is 1. The summed E-state index contributed by atoms with van der Waals surface area (Å²) < 4.78 is 25.1. The Hall–Kier alpha value is -1.79. The number of hydrogen-bond acceptors (Lipinski definition) is 8. The Labute approximate surface area is 153 Å². The molecule has 2 rings (SSSR count). The van der Waals surface area contributed by atoms with Gasteiger partial charge in [-0.2, -0.15) is 0 Å². The van der Waals surface area contributed by atoms with Gasteiger partial charge in [0.15, 0.2) is 12.8 Å². The van der Waals surface area contributed by atoms with E-state index in [1.165, 1.54) is 0 Å². The first kappa shape index (κ1) is 22.3. The number of aromatic nitrogens is 2. The molecular formula is C14H21ClFN3O7. The molecule has 0 spiro atoms. The highest BCUT2D eigenvalue weighted by atomic mass is 35.5. The third-order valence-corrected chi connectivity index (χ3v) is 3.90. The summed E-state index contributed by atoms with van der Waals surface area (Å²) >= 11 is 0. The molecule has 1 unspecified atom stereocenters. The van der Waals surface area contributed by atoms with Crippen molar-refractivity contribution >= 4 is 18.4 Å². The van der Waals surface area contributed by atoms with Gasteiger partial charge >= 0.3 is 11.7 Å². The van der Waals surface area contributed by atoms with E-state index in [0.29, 0.717) is 4.57 Å². The second kappa shape index (κ2) is 8.27. The van der Waals surface area contributed by atoms with Gasteiger partial charge in [0.2, 0.25) is 0 Å². The highest BCUT2D eigenvalue weighted by molar-refractivity contribution is 5.85. The van der Waals surface area contributed by atoms with Crippen LogP contribution in [-0.4, -0.2) is 56.4 Å². The summed E-state index contributed by atoms with van der Waals surface area (Å²) in [6.45, 7) is 2.31. The molecule has 1 aromatic heterocycles. The first-order chi connectivity index (χ1) is 11.6. The lowest BCUT2D eigenvalue weighted by Crippen LogP contribution is -2.46. The maximum Gasteiger partial charge on any atom is 0.330 e. The van der Waals surface area contributed by atoms with Crippen LogP contribution in [0.5, 0.6) is 0 Å². The van der Waals surface area contributed by atoms with Crippen LogP contribution in [-0.2, 0) is 14.3 Å². The second-order valence-corrected chi connectivity index (χ2v) is 6.12. The van der Waals surface area contributed by atoms with Crippen LogP contribution in [0.2, 0.25) is 0 Å². The van der Waals surface area contributed by atoms with Crippen molar-refractivity contribution in [1.82, 2.24) is 9.55 Å². The van der Waals surface area contributed by atoms with Crippen LogP contribution in [0.25, 0.3) is 0 Å². The lowest BCUT2D eigenvalue weighted by atomic mass is 10.1. The summed E-state index contributed by atoms with van der Waals surface area (Å²) in [7, 11) is 0. The fourth-order valence-corrected chi connectivity index (χ4v) is 2.26. The Balaban J connectivity index is 0.00000338. The normalized spacial score (nSPS) is 29.3. The molecule has 1 saturated heterocycles. The Morgan fingerprint density at radius 2 is 2.12 bits per heavy atom. The molecule has 0 amide bonds. The van der Waals surface area contributed by atoms with Crippen molar-refractivity contribution < 1.29 is 28.9 Å². The molecule has 10 nitrogen and oxygen atoms in total. The number of carbonyl (C=O) groups excluding carboxylic acids is 1. The van der Waals surface area contributed by atoms with E-state index in [9.17, 15) is 29.0 Å². The number of carbonyl (C=O) groups is 1. The first-order valence-corrected chi connectivity index (χ1v) is 7.53. The van der Waals surface area contributed by atoms with Crippen LogP contribution in [0, 0.1) is 5.92 Å². The zero-order chi connectivity index (χ0) is 18.9. The molecule has 0 bridgehead atoms. The number of aliphatic hydroxyl groups is 2. The molecular weight excluding hydrogens is 377 g/mol. The van der Waals surface area contributed by atoms with E-state index in [0.717, 1.165) is 12.3 Å². The monoisotopic (exact) mass is 397 g/mol. The summed E-state index contributed by atoms with van der Waals surface area (Å²) in [6, 6.07) is -0.0336. The van der Waals surface area contributed by atoms with Crippen LogP contribution in [0.4, 0.5) is 4.39 Å². The molecule has 1 aliphatic rings. The minimum atomic E-state index is -2.95. The number of ether oxygens (including phenoxy) is 2. The van der Waals surface area contributed by atoms with E-state index >= 15 is 0 Å².